The SMILES string of the molecule is Cc1c(-c2csc(N(CCCN3CCOCC3)C(=O)c3cccs3)n2)cnn1-c1ccccc1. The van der Waals surface area contributed by atoms with E-state index in [1.54, 1.807) is 0 Å². The van der Waals surface area contributed by atoms with Crippen molar-refractivity contribution in [1.29, 1.82) is 0 Å². The van der Waals surface area contributed by atoms with Crippen LogP contribution in [0.4, 0.5) is 5.13 Å². The molecule has 4 aromatic rings. The van der Waals surface area contributed by atoms with Gasteiger partial charge in [-0.05, 0) is 36.9 Å². The number of carbonyl (C=O) groups is 1. The van der Waals surface area contributed by atoms with E-state index in [0.29, 0.717) is 6.54 Å². The van der Waals surface area contributed by atoms with Crippen molar-refractivity contribution in [3.8, 4) is 16.9 Å². The summed E-state index contributed by atoms with van der Waals surface area (Å²) in [6, 6.07) is 13.9. The van der Waals surface area contributed by atoms with Gasteiger partial charge in [0, 0.05) is 37.1 Å². The van der Waals surface area contributed by atoms with Crippen LogP contribution in [0.2, 0.25) is 0 Å². The first-order chi connectivity index (χ1) is 16.7. The molecule has 1 amide bonds. The Morgan fingerprint density at radius 3 is 2.71 bits per heavy atom. The Labute approximate surface area is 207 Å². The zero-order valence-corrected chi connectivity index (χ0v) is 20.7. The van der Waals surface area contributed by atoms with Gasteiger partial charge in [-0.15, -0.1) is 22.7 Å². The molecular formula is C25H27N5O2S2. The second kappa shape index (κ2) is 10.6. The van der Waals surface area contributed by atoms with E-state index in [1.807, 2.05) is 75.9 Å². The molecule has 34 heavy (non-hydrogen) atoms. The number of para-hydroxylation sites is 1. The Hall–Kier alpha value is -2.85. The molecule has 0 radical (unpaired) electrons. The highest BCUT2D eigenvalue weighted by Gasteiger charge is 2.23. The molecule has 0 aliphatic carbocycles. The monoisotopic (exact) mass is 493 g/mol. The van der Waals surface area contributed by atoms with Gasteiger partial charge in [0.15, 0.2) is 5.13 Å². The van der Waals surface area contributed by atoms with Crippen molar-refractivity contribution in [3.05, 3.63) is 70.0 Å². The molecule has 0 saturated carbocycles. The summed E-state index contributed by atoms with van der Waals surface area (Å²) in [5.41, 5.74) is 3.85. The largest absolute Gasteiger partial charge is 0.379 e. The molecule has 0 atom stereocenters. The molecule has 1 aromatic carbocycles. The number of hydrogen-bond acceptors (Lipinski definition) is 7. The van der Waals surface area contributed by atoms with Gasteiger partial charge in [-0.3, -0.25) is 14.6 Å². The number of rotatable bonds is 8. The van der Waals surface area contributed by atoms with Gasteiger partial charge in [0.1, 0.15) is 0 Å². The van der Waals surface area contributed by atoms with Crippen molar-refractivity contribution >= 4 is 33.7 Å². The van der Waals surface area contributed by atoms with Crippen LogP contribution >= 0.6 is 22.7 Å². The molecule has 0 unspecified atom stereocenters. The minimum absolute atomic E-state index is 0.00887. The number of carbonyl (C=O) groups excluding carboxylic acids is 1. The van der Waals surface area contributed by atoms with Gasteiger partial charge in [0.2, 0.25) is 0 Å². The van der Waals surface area contributed by atoms with Crippen LogP contribution in [-0.4, -0.2) is 65.0 Å². The smallest absolute Gasteiger partial charge is 0.270 e. The van der Waals surface area contributed by atoms with Crippen molar-refractivity contribution in [3.63, 3.8) is 0 Å². The van der Waals surface area contributed by atoms with Crippen LogP contribution in [0.15, 0.2) is 59.4 Å². The van der Waals surface area contributed by atoms with Gasteiger partial charge >= 0.3 is 0 Å². The quantitative estimate of drug-likeness (QED) is 0.355. The minimum atomic E-state index is 0.00887. The number of amides is 1. The van der Waals surface area contributed by atoms with E-state index in [1.165, 1.54) is 22.7 Å². The molecule has 5 rings (SSSR count). The predicted octanol–water partition coefficient (Wildman–Crippen LogP) is 4.73. The molecule has 9 heteroatoms. The lowest BCUT2D eigenvalue weighted by Crippen LogP contribution is -2.39. The van der Waals surface area contributed by atoms with Gasteiger partial charge in [-0.1, -0.05) is 24.3 Å². The number of ether oxygens (including phenoxy) is 1. The summed E-state index contributed by atoms with van der Waals surface area (Å²) >= 11 is 2.97. The first-order valence-electron chi connectivity index (χ1n) is 11.4. The first kappa shape index (κ1) is 22.9. The second-order valence-corrected chi connectivity index (χ2v) is 9.93. The van der Waals surface area contributed by atoms with Crippen LogP contribution in [0.1, 0.15) is 21.8 Å². The lowest BCUT2D eigenvalue weighted by atomic mass is 10.2. The number of benzene rings is 1. The molecule has 0 spiro atoms. The Balaban J connectivity index is 1.36. The normalized spacial score (nSPS) is 14.4. The number of thiazole rings is 1. The highest BCUT2D eigenvalue weighted by molar-refractivity contribution is 7.14. The Morgan fingerprint density at radius 2 is 1.94 bits per heavy atom. The van der Waals surface area contributed by atoms with Crippen LogP contribution in [0.3, 0.4) is 0 Å². The van der Waals surface area contributed by atoms with E-state index < -0.39 is 0 Å². The van der Waals surface area contributed by atoms with Crippen LogP contribution < -0.4 is 4.90 Å². The van der Waals surface area contributed by atoms with Gasteiger partial charge in [-0.2, -0.15) is 5.10 Å². The third-order valence-electron chi connectivity index (χ3n) is 5.95. The molecular weight excluding hydrogens is 466 g/mol. The Bertz CT molecular complexity index is 1210. The molecule has 1 fully saturated rings. The molecule has 4 heterocycles. The van der Waals surface area contributed by atoms with Gasteiger partial charge < -0.3 is 4.74 Å². The van der Waals surface area contributed by atoms with Crippen LogP contribution in [0, 0.1) is 6.92 Å². The number of anilines is 1. The lowest BCUT2D eigenvalue weighted by molar-refractivity contribution is 0.0376. The summed E-state index contributed by atoms with van der Waals surface area (Å²) < 4.78 is 7.37. The topological polar surface area (TPSA) is 63.5 Å². The van der Waals surface area contributed by atoms with Crippen molar-refractivity contribution in [2.75, 3.05) is 44.3 Å². The van der Waals surface area contributed by atoms with Crippen molar-refractivity contribution in [1.82, 2.24) is 19.7 Å². The number of morpholine rings is 1. The molecule has 0 bridgehead atoms. The number of thiophene rings is 1. The van der Waals surface area contributed by atoms with Crippen molar-refractivity contribution in [2.45, 2.75) is 13.3 Å². The van der Waals surface area contributed by atoms with Crippen LogP contribution in [0.5, 0.6) is 0 Å². The molecule has 1 saturated heterocycles. The number of hydrogen-bond donors (Lipinski definition) is 0. The highest BCUT2D eigenvalue weighted by atomic mass is 32.1. The van der Waals surface area contributed by atoms with E-state index in [2.05, 4.69) is 10.00 Å². The van der Waals surface area contributed by atoms with E-state index in [0.717, 1.165) is 71.9 Å². The maximum Gasteiger partial charge on any atom is 0.270 e. The zero-order valence-electron chi connectivity index (χ0n) is 19.1. The fraction of sp³-hybridized carbons (Fsp3) is 0.320. The molecule has 3 aromatic heterocycles. The number of nitrogens with zero attached hydrogens (tertiary/aromatic N) is 5. The number of aromatic nitrogens is 3. The Morgan fingerprint density at radius 1 is 1.12 bits per heavy atom. The van der Waals surface area contributed by atoms with E-state index in [4.69, 9.17) is 9.72 Å². The van der Waals surface area contributed by atoms with E-state index in [9.17, 15) is 4.79 Å². The van der Waals surface area contributed by atoms with Crippen LogP contribution in [-0.2, 0) is 4.74 Å². The second-order valence-electron chi connectivity index (χ2n) is 8.15. The molecule has 176 valence electrons. The van der Waals surface area contributed by atoms with Crippen LogP contribution in [0.25, 0.3) is 16.9 Å². The zero-order chi connectivity index (χ0) is 23.3. The molecule has 7 nitrogen and oxygen atoms in total. The third kappa shape index (κ3) is 4.97. The van der Waals surface area contributed by atoms with E-state index in [-0.39, 0.29) is 5.91 Å². The van der Waals surface area contributed by atoms with Gasteiger partial charge in [-0.25, -0.2) is 9.67 Å². The molecule has 0 N–H and O–H groups in total. The summed E-state index contributed by atoms with van der Waals surface area (Å²) in [6.07, 6.45) is 2.74. The summed E-state index contributed by atoms with van der Waals surface area (Å²) in [7, 11) is 0. The predicted molar refractivity (Wildman–Crippen MR) is 137 cm³/mol. The maximum absolute atomic E-state index is 13.3. The highest BCUT2D eigenvalue weighted by Crippen LogP contribution is 2.31. The standard InChI is InChI=1S/C25H27N5O2S2/c1-19-21(17-26-30(19)20-7-3-2-4-8-20)22-18-34-25(27-22)29(24(31)23-9-5-16-33-23)11-6-10-28-12-14-32-15-13-28/h2-5,7-9,16-18H,6,10-15H2,1H3. The van der Waals surface area contributed by atoms with Gasteiger partial charge in [0.25, 0.3) is 5.91 Å². The molecule has 1 aliphatic rings. The summed E-state index contributed by atoms with van der Waals surface area (Å²) in [4.78, 5) is 23.2. The first-order valence-corrected chi connectivity index (χ1v) is 13.2. The summed E-state index contributed by atoms with van der Waals surface area (Å²) in [5, 5.41) is 9.26. The average Bonchev–Trinajstić information content (AvgIpc) is 3.64. The fourth-order valence-electron chi connectivity index (χ4n) is 4.10. The minimum Gasteiger partial charge on any atom is -0.379 e. The summed E-state index contributed by atoms with van der Waals surface area (Å²) in [5.74, 6) is 0.00887. The average molecular weight is 494 g/mol. The third-order valence-corrected chi connectivity index (χ3v) is 7.67. The Kier molecular flexibility index (Phi) is 7.15. The van der Waals surface area contributed by atoms with Gasteiger partial charge in [0.05, 0.1) is 41.4 Å². The maximum atomic E-state index is 13.3. The lowest BCUT2D eigenvalue weighted by Gasteiger charge is -2.27. The van der Waals surface area contributed by atoms with E-state index >= 15 is 0 Å². The summed E-state index contributed by atoms with van der Waals surface area (Å²) in [6.45, 7) is 7.08. The fourth-order valence-corrected chi connectivity index (χ4v) is 5.62. The van der Waals surface area contributed by atoms with Crippen molar-refractivity contribution < 1.29 is 9.53 Å². The molecule has 1 aliphatic heterocycles. The van der Waals surface area contributed by atoms with Crippen molar-refractivity contribution in [2.24, 2.45) is 0 Å².